The van der Waals surface area contributed by atoms with Gasteiger partial charge >= 0.3 is 5.97 Å². The van der Waals surface area contributed by atoms with Gasteiger partial charge in [0.1, 0.15) is 11.6 Å². The van der Waals surface area contributed by atoms with Crippen LogP contribution in [-0.2, 0) is 9.53 Å². The molecule has 0 N–H and O–H groups in total. The molecule has 0 aromatic rings. The van der Waals surface area contributed by atoms with Gasteiger partial charge in [0, 0.05) is 6.42 Å². The second-order valence-electron chi connectivity index (χ2n) is 2.69. The van der Waals surface area contributed by atoms with Crippen LogP contribution in [0.5, 0.6) is 0 Å². The molecule has 0 fully saturated rings. The molecular formula is C9H11ClO2. The van der Waals surface area contributed by atoms with Crippen molar-refractivity contribution in [2.75, 3.05) is 5.88 Å². The van der Waals surface area contributed by atoms with Gasteiger partial charge in [-0.25, -0.2) is 0 Å². The minimum absolute atomic E-state index is 0.0828. The lowest BCUT2D eigenvalue weighted by Crippen LogP contribution is -2.07. The van der Waals surface area contributed by atoms with E-state index in [-0.39, 0.29) is 11.8 Å². The van der Waals surface area contributed by atoms with Crippen LogP contribution in [0.2, 0.25) is 0 Å². The van der Waals surface area contributed by atoms with E-state index >= 15 is 0 Å². The van der Waals surface area contributed by atoms with Crippen LogP contribution in [-0.4, -0.2) is 11.8 Å². The van der Waals surface area contributed by atoms with Gasteiger partial charge in [-0.05, 0) is 18.9 Å². The molecule has 0 unspecified atom stereocenters. The highest BCUT2D eigenvalue weighted by molar-refractivity contribution is 6.26. The highest BCUT2D eigenvalue weighted by Gasteiger charge is 2.09. The summed E-state index contributed by atoms with van der Waals surface area (Å²) in [5.41, 5.74) is 1.11. The zero-order chi connectivity index (χ0) is 8.97. The summed E-state index contributed by atoms with van der Waals surface area (Å²) in [6, 6.07) is 0. The molecule has 66 valence electrons. The predicted octanol–water partition coefficient (Wildman–Crippen LogP) is 2.39. The summed E-state index contributed by atoms with van der Waals surface area (Å²) in [4.78, 5) is 10.8. The molecular weight excluding hydrogens is 176 g/mol. The highest BCUT2D eigenvalue weighted by atomic mass is 35.5. The Morgan fingerprint density at radius 3 is 2.83 bits per heavy atom. The largest absolute Gasteiger partial charge is 0.430 e. The Labute approximate surface area is 76.9 Å². The fourth-order valence-corrected chi connectivity index (χ4v) is 1.09. The molecule has 2 nitrogen and oxygen atoms in total. The standard InChI is InChI=1S/C9H11ClO2/c1-7-4-2-3-5-8(7)12-9(11)6-10/h2-3H,4-6H2,1H3. The summed E-state index contributed by atoms with van der Waals surface area (Å²) >= 11 is 5.30. The molecule has 12 heavy (non-hydrogen) atoms. The maximum absolute atomic E-state index is 10.8. The summed E-state index contributed by atoms with van der Waals surface area (Å²) in [6.45, 7) is 1.96. The van der Waals surface area contributed by atoms with Crippen LogP contribution in [0.4, 0.5) is 0 Å². The summed E-state index contributed by atoms with van der Waals surface area (Å²) in [7, 11) is 0. The van der Waals surface area contributed by atoms with Crippen molar-refractivity contribution in [1.82, 2.24) is 0 Å². The first-order valence-corrected chi connectivity index (χ1v) is 4.37. The van der Waals surface area contributed by atoms with Crippen molar-refractivity contribution in [3.05, 3.63) is 23.5 Å². The van der Waals surface area contributed by atoms with Gasteiger partial charge in [0.05, 0.1) is 0 Å². The van der Waals surface area contributed by atoms with Crippen molar-refractivity contribution in [2.45, 2.75) is 19.8 Å². The summed E-state index contributed by atoms with van der Waals surface area (Å²) in [5, 5.41) is 0. The van der Waals surface area contributed by atoms with Crippen LogP contribution in [0, 0.1) is 0 Å². The lowest BCUT2D eigenvalue weighted by molar-refractivity contribution is -0.136. The maximum atomic E-state index is 10.8. The normalized spacial score (nSPS) is 16.5. The van der Waals surface area contributed by atoms with Gasteiger partial charge in [0.25, 0.3) is 0 Å². The van der Waals surface area contributed by atoms with Gasteiger partial charge in [-0.3, -0.25) is 4.79 Å². The van der Waals surface area contributed by atoms with Crippen molar-refractivity contribution in [2.24, 2.45) is 0 Å². The highest BCUT2D eigenvalue weighted by Crippen LogP contribution is 2.19. The molecule has 1 aliphatic carbocycles. The topological polar surface area (TPSA) is 26.3 Å². The van der Waals surface area contributed by atoms with Gasteiger partial charge in [-0.1, -0.05) is 12.2 Å². The lowest BCUT2D eigenvalue weighted by Gasteiger charge is -2.12. The van der Waals surface area contributed by atoms with Crippen molar-refractivity contribution in [3.8, 4) is 0 Å². The number of hydrogen-bond acceptors (Lipinski definition) is 2. The third-order valence-electron chi connectivity index (χ3n) is 1.72. The predicted molar refractivity (Wildman–Crippen MR) is 47.9 cm³/mol. The van der Waals surface area contributed by atoms with E-state index in [0.29, 0.717) is 6.42 Å². The van der Waals surface area contributed by atoms with Crippen LogP contribution in [0.1, 0.15) is 19.8 Å². The number of ether oxygens (including phenoxy) is 1. The number of carbonyl (C=O) groups is 1. The Hall–Kier alpha value is -0.760. The molecule has 1 aliphatic rings. The molecule has 0 heterocycles. The van der Waals surface area contributed by atoms with Gasteiger partial charge in [-0.2, -0.15) is 0 Å². The molecule has 1 rings (SSSR count). The number of esters is 1. The fourth-order valence-electron chi connectivity index (χ4n) is 1.03. The van der Waals surface area contributed by atoms with E-state index in [1.807, 2.05) is 13.0 Å². The van der Waals surface area contributed by atoms with Crippen molar-refractivity contribution in [3.63, 3.8) is 0 Å². The van der Waals surface area contributed by atoms with Gasteiger partial charge in [-0.15, -0.1) is 11.6 Å². The molecule has 0 saturated carbocycles. The molecule has 0 bridgehead atoms. The Bertz CT molecular complexity index is 241. The number of hydrogen-bond donors (Lipinski definition) is 0. The Kier molecular flexibility index (Phi) is 3.35. The van der Waals surface area contributed by atoms with E-state index in [1.54, 1.807) is 0 Å². The number of allylic oxidation sites excluding steroid dienone is 3. The van der Waals surface area contributed by atoms with Crippen LogP contribution in [0.15, 0.2) is 23.5 Å². The number of halogens is 1. The molecule has 0 atom stereocenters. The number of alkyl halides is 1. The Balaban J connectivity index is 2.56. The Morgan fingerprint density at radius 1 is 1.58 bits per heavy atom. The summed E-state index contributed by atoms with van der Waals surface area (Å²) in [6.07, 6.45) is 5.62. The molecule has 0 aromatic heterocycles. The first-order valence-electron chi connectivity index (χ1n) is 3.84. The lowest BCUT2D eigenvalue weighted by atomic mass is 10.1. The minimum atomic E-state index is -0.374. The average molecular weight is 187 g/mol. The van der Waals surface area contributed by atoms with E-state index in [2.05, 4.69) is 6.08 Å². The maximum Gasteiger partial charge on any atom is 0.325 e. The molecule has 0 aromatic carbocycles. The van der Waals surface area contributed by atoms with Crippen molar-refractivity contribution >= 4 is 17.6 Å². The van der Waals surface area contributed by atoms with Crippen LogP contribution >= 0.6 is 11.6 Å². The molecule has 0 amide bonds. The van der Waals surface area contributed by atoms with Crippen LogP contribution < -0.4 is 0 Å². The van der Waals surface area contributed by atoms with E-state index in [0.717, 1.165) is 17.8 Å². The first-order chi connectivity index (χ1) is 5.74. The van der Waals surface area contributed by atoms with Crippen LogP contribution in [0.3, 0.4) is 0 Å². The van der Waals surface area contributed by atoms with E-state index in [4.69, 9.17) is 16.3 Å². The third kappa shape index (κ3) is 2.38. The molecule has 0 aliphatic heterocycles. The van der Waals surface area contributed by atoms with E-state index in [9.17, 15) is 4.79 Å². The first kappa shape index (κ1) is 9.33. The van der Waals surface area contributed by atoms with Crippen molar-refractivity contribution in [1.29, 1.82) is 0 Å². The van der Waals surface area contributed by atoms with Gasteiger partial charge in [0.15, 0.2) is 0 Å². The zero-order valence-corrected chi connectivity index (χ0v) is 7.73. The van der Waals surface area contributed by atoms with Gasteiger partial charge < -0.3 is 4.74 Å². The smallest absolute Gasteiger partial charge is 0.325 e. The second kappa shape index (κ2) is 4.31. The van der Waals surface area contributed by atoms with Crippen LogP contribution in [0.25, 0.3) is 0 Å². The van der Waals surface area contributed by atoms with E-state index < -0.39 is 0 Å². The minimum Gasteiger partial charge on any atom is -0.430 e. The third-order valence-corrected chi connectivity index (χ3v) is 1.93. The average Bonchev–Trinajstić information content (AvgIpc) is 2.09. The van der Waals surface area contributed by atoms with Gasteiger partial charge in [0.2, 0.25) is 0 Å². The number of rotatable bonds is 2. The SMILES string of the molecule is CC1=C(OC(=O)CCl)CC=CC1. The fraction of sp³-hybridized carbons (Fsp3) is 0.444. The molecule has 0 saturated heterocycles. The monoisotopic (exact) mass is 186 g/mol. The summed E-state index contributed by atoms with van der Waals surface area (Å²) < 4.78 is 5.01. The Morgan fingerprint density at radius 2 is 2.25 bits per heavy atom. The summed E-state index contributed by atoms with van der Waals surface area (Å²) in [5.74, 6) is 0.296. The van der Waals surface area contributed by atoms with E-state index in [1.165, 1.54) is 0 Å². The zero-order valence-electron chi connectivity index (χ0n) is 6.97. The molecule has 0 spiro atoms. The second-order valence-corrected chi connectivity index (χ2v) is 2.96. The quantitative estimate of drug-likeness (QED) is 0.376. The molecule has 0 radical (unpaired) electrons. The molecule has 3 heteroatoms. The number of carbonyl (C=O) groups excluding carboxylic acids is 1. The van der Waals surface area contributed by atoms with Crippen molar-refractivity contribution < 1.29 is 9.53 Å².